The summed E-state index contributed by atoms with van der Waals surface area (Å²) < 4.78 is 7.53. The van der Waals surface area contributed by atoms with E-state index in [-0.39, 0.29) is 6.10 Å². The predicted molar refractivity (Wildman–Crippen MR) is 63.7 cm³/mol. The molecule has 2 aromatic rings. The van der Waals surface area contributed by atoms with Crippen LogP contribution in [0.1, 0.15) is 13.8 Å². The quantitative estimate of drug-likeness (QED) is 0.802. The van der Waals surface area contributed by atoms with E-state index in [2.05, 4.69) is 4.98 Å². The standard InChI is InChI=1S/C12H15N3O/c1-9(2)16-12-7-10(3-4-11(12)13)15-6-5-14-8-15/h3-9H,13H2,1-2H3. The zero-order chi connectivity index (χ0) is 11.5. The molecule has 2 rings (SSSR count). The van der Waals surface area contributed by atoms with Crippen molar-refractivity contribution in [2.45, 2.75) is 20.0 Å². The summed E-state index contributed by atoms with van der Waals surface area (Å²) in [7, 11) is 0. The molecule has 0 radical (unpaired) electrons. The molecule has 1 aromatic carbocycles. The highest BCUT2D eigenvalue weighted by molar-refractivity contribution is 5.57. The van der Waals surface area contributed by atoms with Crippen LogP contribution in [0.3, 0.4) is 0 Å². The summed E-state index contributed by atoms with van der Waals surface area (Å²) in [6.07, 6.45) is 5.47. The Labute approximate surface area is 94.7 Å². The summed E-state index contributed by atoms with van der Waals surface area (Å²) in [5, 5.41) is 0. The van der Waals surface area contributed by atoms with Crippen molar-refractivity contribution in [1.29, 1.82) is 0 Å². The molecule has 1 aromatic heterocycles. The predicted octanol–water partition coefficient (Wildman–Crippen LogP) is 2.24. The van der Waals surface area contributed by atoms with Gasteiger partial charge in [-0.3, -0.25) is 0 Å². The van der Waals surface area contributed by atoms with Gasteiger partial charge in [0.15, 0.2) is 0 Å². The first-order chi connectivity index (χ1) is 7.66. The fourth-order valence-corrected chi connectivity index (χ4v) is 1.45. The Bertz CT molecular complexity index is 463. The minimum Gasteiger partial charge on any atom is -0.489 e. The van der Waals surface area contributed by atoms with Gasteiger partial charge in [0.2, 0.25) is 0 Å². The molecule has 0 amide bonds. The van der Waals surface area contributed by atoms with E-state index >= 15 is 0 Å². The van der Waals surface area contributed by atoms with Gasteiger partial charge in [-0.2, -0.15) is 0 Å². The topological polar surface area (TPSA) is 53.1 Å². The summed E-state index contributed by atoms with van der Waals surface area (Å²) in [5.74, 6) is 0.709. The highest BCUT2D eigenvalue weighted by Gasteiger charge is 2.05. The van der Waals surface area contributed by atoms with E-state index < -0.39 is 0 Å². The number of nitrogens with two attached hydrogens (primary N) is 1. The number of ether oxygens (including phenoxy) is 1. The highest BCUT2D eigenvalue weighted by atomic mass is 16.5. The Morgan fingerprint density at radius 1 is 1.38 bits per heavy atom. The second-order valence-electron chi connectivity index (χ2n) is 3.86. The first kappa shape index (κ1) is 10.5. The zero-order valence-electron chi connectivity index (χ0n) is 9.42. The maximum absolute atomic E-state index is 5.84. The van der Waals surface area contributed by atoms with E-state index in [1.807, 2.05) is 42.8 Å². The van der Waals surface area contributed by atoms with Gasteiger partial charge in [0.1, 0.15) is 5.75 Å². The van der Waals surface area contributed by atoms with Crippen LogP contribution < -0.4 is 10.5 Å². The fraction of sp³-hybridized carbons (Fsp3) is 0.250. The van der Waals surface area contributed by atoms with Crippen molar-refractivity contribution in [1.82, 2.24) is 9.55 Å². The number of nitrogen functional groups attached to an aromatic ring is 1. The third-order valence-corrected chi connectivity index (χ3v) is 2.16. The van der Waals surface area contributed by atoms with Gasteiger partial charge in [0.05, 0.1) is 23.8 Å². The lowest BCUT2D eigenvalue weighted by atomic mass is 10.2. The summed E-state index contributed by atoms with van der Waals surface area (Å²) in [6, 6.07) is 5.69. The first-order valence-electron chi connectivity index (χ1n) is 5.21. The largest absolute Gasteiger partial charge is 0.489 e. The van der Waals surface area contributed by atoms with Gasteiger partial charge in [0, 0.05) is 18.5 Å². The molecule has 0 atom stereocenters. The van der Waals surface area contributed by atoms with Crippen LogP contribution in [0, 0.1) is 0 Å². The van der Waals surface area contributed by atoms with Gasteiger partial charge in [0.25, 0.3) is 0 Å². The molecule has 4 nitrogen and oxygen atoms in total. The van der Waals surface area contributed by atoms with Crippen LogP contribution in [0.5, 0.6) is 5.75 Å². The van der Waals surface area contributed by atoms with E-state index in [0.29, 0.717) is 11.4 Å². The molecule has 16 heavy (non-hydrogen) atoms. The van der Waals surface area contributed by atoms with E-state index in [9.17, 15) is 0 Å². The third-order valence-electron chi connectivity index (χ3n) is 2.16. The van der Waals surface area contributed by atoms with Gasteiger partial charge in [-0.1, -0.05) is 0 Å². The highest BCUT2D eigenvalue weighted by Crippen LogP contribution is 2.25. The SMILES string of the molecule is CC(C)Oc1cc(-n2ccnc2)ccc1N. The Morgan fingerprint density at radius 3 is 2.81 bits per heavy atom. The number of rotatable bonds is 3. The molecule has 2 N–H and O–H groups in total. The Morgan fingerprint density at radius 2 is 2.19 bits per heavy atom. The Kier molecular flexibility index (Phi) is 2.81. The molecule has 84 valence electrons. The zero-order valence-corrected chi connectivity index (χ0v) is 9.42. The molecule has 0 unspecified atom stereocenters. The van der Waals surface area contributed by atoms with Crippen molar-refractivity contribution in [2.75, 3.05) is 5.73 Å². The molecule has 0 aliphatic carbocycles. The van der Waals surface area contributed by atoms with Gasteiger partial charge >= 0.3 is 0 Å². The van der Waals surface area contributed by atoms with Crippen LogP contribution >= 0.6 is 0 Å². The lowest BCUT2D eigenvalue weighted by Crippen LogP contribution is -2.08. The summed E-state index contributed by atoms with van der Waals surface area (Å²) in [6.45, 7) is 3.95. The van der Waals surface area contributed by atoms with E-state index in [1.54, 1.807) is 12.5 Å². The van der Waals surface area contributed by atoms with Crippen molar-refractivity contribution in [3.63, 3.8) is 0 Å². The number of aromatic nitrogens is 2. The van der Waals surface area contributed by atoms with Crippen LogP contribution in [-0.4, -0.2) is 15.7 Å². The molecule has 1 heterocycles. The minimum atomic E-state index is 0.111. The molecule has 0 saturated carbocycles. The van der Waals surface area contributed by atoms with Gasteiger partial charge in [-0.25, -0.2) is 4.98 Å². The summed E-state index contributed by atoms with van der Waals surface area (Å²) >= 11 is 0. The molecule has 0 fully saturated rings. The number of nitrogens with zero attached hydrogens (tertiary/aromatic N) is 2. The van der Waals surface area contributed by atoms with Crippen LogP contribution in [0.2, 0.25) is 0 Å². The lowest BCUT2D eigenvalue weighted by molar-refractivity contribution is 0.244. The molecule has 0 aliphatic heterocycles. The number of imidazole rings is 1. The lowest BCUT2D eigenvalue weighted by Gasteiger charge is -2.13. The van der Waals surface area contributed by atoms with Crippen LogP contribution in [-0.2, 0) is 0 Å². The fourth-order valence-electron chi connectivity index (χ4n) is 1.45. The summed E-state index contributed by atoms with van der Waals surface area (Å²) in [4.78, 5) is 4.00. The molecule has 0 saturated heterocycles. The van der Waals surface area contributed by atoms with Crippen LogP contribution in [0.4, 0.5) is 5.69 Å². The van der Waals surface area contributed by atoms with Gasteiger partial charge < -0.3 is 15.0 Å². The van der Waals surface area contributed by atoms with Crippen molar-refractivity contribution >= 4 is 5.69 Å². The van der Waals surface area contributed by atoms with Crippen LogP contribution in [0.15, 0.2) is 36.9 Å². The average molecular weight is 217 g/mol. The summed E-state index contributed by atoms with van der Waals surface area (Å²) in [5.41, 5.74) is 7.48. The normalized spacial score (nSPS) is 10.7. The molecule has 4 heteroatoms. The molecule has 0 aliphatic rings. The van der Waals surface area contributed by atoms with Crippen molar-refractivity contribution in [3.8, 4) is 11.4 Å². The molecular formula is C12H15N3O. The Balaban J connectivity index is 2.36. The second kappa shape index (κ2) is 4.26. The third kappa shape index (κ3) is 2.16. The van der Waals surface area contributed by atoms with Crippen molar-refractivity contribution < 1.29 is 4.74 Å². The van der Waals surface area contributed by atoms with E-state index in [1.165, 1.54) is 0 Å². The number of hydrogen-bond acceptors (Lipinski definition) is 3. The van der Waals surface area contributed by atoms with E-state index in [4.69, 9.17) is 10.5 Å². The monoisotopic (exact) mass is 217 g/mol. The number of hydrogen-bond donors (Lipinski definition) is 1. The maximum Gasteiger partial charge on any atom is 0.144 e. The first-order valence-corrected chi connectivity index (χ1v) is 5.21. The second-order valence-corrected chi connectivity index (χ2v) is 3.86. The van der Waals surface area contributed by atoms with Crippen molar-refractivity contribution in [2.24, 2.45) is 0 Å². The minimum absolute atomic E-state index is 0.111. The maximum atomic E-state index is 5.84. The molecular weight excluding hydrogens is 202 g/mol. The van der Waals surface area contributed by atoms with Gasteiger partial charge in [-0.15, -0.1) is 0 Å². The average Bonchev–Trinajstić information content (AvgIpc) is 2.73. The van der Waals surface area contributed by atoms with Crippen LogP contribution in [0.25, 0.3) is 5.69 Å². The van der Waals surface area contributed by atoms with E-state index in [0.717, 1.165) is 5.69 Å². The molecule has 0 bridgehead atoms. The number of benzene rings is 1. The van der Waals surface area contributed by atoms with Crippen molar-refractivity contribution in [3.05, 3.63) is 36.9 Å². The number of anilines is 1. The molecule has 0 spiro atoms. The smallest absolute Gasteiger partial charge is 0.144 e. The Hall–Kier alpha value is -1.97. The van der Waals surface area contributed by atoms with Gasteiger partial charge in [-0.05, 0) is 26.0 Å².